The lowest BCUT2D eigenvalue weighted by atomic mass is 10.1. The van der Waals surface area contributed by atoms with E-state index in [9.17, 15) is 15.0 Å². The Morgan fingerprint density at radius 1 is 1.29 bits per heavy atom. The van der Waals surface area contributed by atoms with Crippen LogP contribution in [0, 0.1) is 0 Å². The summed E-state index contributed by atoms with van der Waals surface area (Å²) in [6, 6.07) is 6.43. The SMILES string of the molecule is COc1ccc(C(=O)NNC2OC(CO)C(O)C2O)cc1. The van der Waals surface area contributed by atoms with Crippen LogP contribution in [0.4, 0.5) is 0 Å². The number of nitrogens with one attached hydrogen (secondary N) is 2. The molecule has 0 aliphatic carbocycles. The highest BCUT2D eigenvalue weighted by Gasteiger charge is 2.42. The number of hydrogen-bond acceptors (Lipinski definition) is 7. The average Bonchev–Trinajstić information content (AvgIpc) is 2.80. The van der Waals surface area contributed by atoms with Crippen LogP contribution in [0.2, 0.25) is 0 Å². The summed E-state index contributed by atoms with van der Waals surface area (Å²) in [7, 11) is 1.53. The van der Waals surface area contributed by atoms with Crippen molar-refractivity contribution in [3.8, 4) is 5.75 Å². The van der Waals surface area contributed by atoms with Crippen LogP contribution in [0.5, 0.6) is 5.75 Å². The number of aliphatic hydroxyl groups is 3. The highest BCUT2D eigenvalue weighted by Crippen LogP contribution is 2.18. The second-order valence-electron chi connectivity index (χ2n) is 4.59. The Balaban J connectivity index is 1.89. The number of aliphatic hydroxyl groups excluding tert-OH is 3. The van der Waals surface area contributed by atoms with E-state index in [0.29, 0.717) is 11.3 Å². The Bertz CT molecular complexity index is 480. The van der Waals surface area contributed by atoms with Crippen molar-refractivity contribution < 1.29 is 29.6 Å². The number of carbonyl (C=O) groups is 1. The Labute approximate surface area is 121 Å². The maximum atomic E-state index is 11.9. The van der Waals surface area contributed by atoms with Crippen molar-refractivity contribution in [2.24, 2.45) is 0 Å². The molecule has 1 saturated heterocycles. The summed E-state index contributed by atoms with van der Waals surface area (Å²) >= 11 is 0. The molecule has 0 saturated carbocycles. The number of carbonyl (C=O) groups excluding carboxylic acids is 1. The first-order valence-electron chi connectivity index (χ1n) is 6.39. The molecule has 1 aliphatic heterocycles. The summed E-state index contributed by atoms with van der Waals surface area (Å²) in [4.78, 5) is 11.9. The van der Waals surface area contributed by atoms with E-state index in [1.54, 1.807) is 24.3 Å². The van der Waals surface area contributed by atoms with Gasteiger partial charge in [0.15, 0.2) is 6.23 Å². The molecule has 4 atom stereocenters. The van der Waals surface area contributed by atoms with Crippen LogP contribution in [0.15, 0.2) is 24.3 Å². The molecule has 1 heterocycles. The van der Waals surface area contributed by atoms with Gasteiger partial charge in [0.25, 0.3) is 5.91 Å². The molecule has 1 fully saturated rings. The first-order valence-corrected chi connectivity index (χ1v) is 6.39. The zero-order chi connectivity index (χ0) is 15.4. The number of rotatable bonds is 5. The first-order chi connectivity index (χ1) is 10.1. The maximum absolute atomic E-state index is 11.9. The summed E-state index contributed by atoms with van der Waals surface area (Å²) in [5, 5.41) is 28.2. The van der Waals surface area contributed by atoms with Crippen LogP contribution < -0.4 is 15.6 Å². The van der Waals surface area contributed by atoms with Gasteiger partial charge >= 0.3 is 0 Å². The van der Waals surface area contributed by atoms with Gasteiger partial charge in [-0.25, -0.2) is 5.43 Å². The average molecular weight is 298 g/mol. The van der Waals surface area contributed by atoms with Crippen LogP contribution in [0.3, 0.4) is 0 Å². The van der Waals surface area contributed by atoms with Crippen molar-refractivity contribution in [1.29, 1.82) is 0 Å². The third kappa shape index (κ3) is 3.49. The fourth-order valence-electron chi connectivity index (χ4n) is 1.97. The second-order valence-corrected chi connectivity index (χ2v) is 4.59. The lowest BCUT2D eigenvalue weighted by molar-refractivity contribution is -0.0375. The third-order valence-corrected chi connectivity index (χ3v) is 3.22. The predicted octanol–water partition coefficient (Wildman–Crippen LogP) is -1.63. The van der Waals surface area contributed by atoms with Crippen molar-refractivity contribution in [2.75, 3.05) is 13.7 Å². The van der Waals surface area contributed by atoms with Gasteiger partial charge in [0.05, 0.1) is 13.7 Å². The molecule has 0 aromatic heterocycles. The minimum atomic E-state index is -1.25. The summed E-state index contributed by atoms with van der Waals surface area (Å²) in [5.74, 6) is 0.193. The predicted molar refractivity (Wildman–Crippen MR) is 71.4 cm³/mol. The van der Waals surface area contributed by atoms with Crippen LogP contribution >= 0.6 is 0 Å². The van der Waals surface area contributed by atoms with Gasteiger partial charge in [0, 0.05) is 5.56 Å². The van der Waals surface area contributed by atoms with Crippen molar-refractivity contribution in [2.45, 2.75) is 24.5 Å². The molecule has 2 rings (SSSR count). The molecule has 0 spiro atoms. The van der Waals surface area contributed by atoms with Gasteiger partial charge in [-0.15, -0.1) is 0 Å². The molecule has 1 aromatic rings. The largest absolute Gasteiger partial charge is 0.497 e. The molecule has 0 bridgehead atoms. The lowest BCUT2D eigenvalue weighted by Gasteiger charge is -2.17. The molecule has 1 amide bonds. The summed E-state index contributed by atoms with van der Waals surface area (Å²) < 4.78 is 10.2. The van der Waals surface area contributed by atoms with Gasteiger partial charge in [-0.2, -0.15) is 0 Å². The Kier molecular flexibility index (Phi) is 5.10. The van der Waals surface area contributed by atoms with Crippen molar-refractivity contribution in [1.82, 2.24) is 10.9 Å². The van der Waals surface area contributed by atoms with Crippen LogP contribution in [-0.2, 0) is 4.74 Å². The Hall–Kier alpha value is -1.71. The maximum Gasteiger partial charge on any atom is 0.265 e. The zero-order valence-electron chi connectivity index (χ0n) is 11.4. The molecular weight excluding hydrogens is 280 g/mol. The van der Waals surface area contributed by atoms with E-state index in [0.717, 1.165) is 0 Å². The van der Waals surface area contributed by atoms with E-state index in [1.165, 1.54) is 7.11 Å². The van der Waals surface area contributed by atoms with Crippen LogP contribution in [-0.4, -0.2) is 59.5 Å². The zero-order valence-corrected chi connectivity index (χ0v) is 11.4. The van der Waals surface area contributed by atoms with E-state index in [2.05, 4.69) is 10.9 Å². The monoisotopic (exact) mass is 298 g/mol. The number of hydrogen-bond donors (Lipinski definition) is 5. The summed E-state index contributed by atoms with van der Waals surface area (Å²) in [6.45, 7) is -0.428. The standard InChI is InChI=1S/C13H18N2O6/c1-20-8-4-2-7(3-5-8)12(19)14-15-13-11(18)10(17)9(6-16)21-13/h2-5,9-11,13,15-18H,6H2,1H3,(H,14,19). The highest BCUT2D eigenvalue weighted by atomic mass is 16.6. The van der Waals surface area contributed by atoms with Gasteiger partial charge in [0.1, 0.15) is 24.1 Å². The van der Waals surface area contributed by atoms with Crippen LogP contribution in [0.25, 0.3) is 0 Å². The van der Waals surface area contributed by atoms with Gasteiger partial charge in [-0.05, 0) is 24.3 Å². The molecule has 0 radical (unpaired) electrons. The number of ether oxygens (including phenoxy) is 2. The molecule has 8 nitrogen and oxygen atoms in total. The molecule has 1 aromatic carbocycles. The van der Waals surface area contributed by atoms with E-state index >= 15 is 0 Å². The minimum Gasteiger partial charge on any atom is -0.497 e. The molecule has 5 N–H and O–H groups in total. The van der Waals surface area contributed by atoms with Crippen LogP contribution in [0.1, 0.15) is 10.4 Å². The van der Waals surface area contributed by atoms with Gasteiger partial charge < -0.3 is 24.8 Å². The topological polar surface area (TPSA) is 120 Å². The molecule has 116 valence electrons. The Morgan fingerprint density at radius 2 is 1.95 bits per heavy atom. The molecule has 1 aliphatic rings. The summed E-state index contributed by atoms with van der Waals surface area (Å²) in [6.07, 6.45) is -4.36. The smallest absolute Gasteiger partial charge is 0.265 e. The van der Waals surface area contributed by atoms with Gasteiger partial charge in [-0.1, -0.05) is 0 Å². The fourth-order valence-corrected chi connectivity index (χ4v) is 1.97. The number of amides is 1. The number of methoxy groups -OCH3 is 1. The van der Waals surface area contributed by atoms with Crippen molar-refractivity contribution in [3.05, 3.63) is 29.8 Å². The summed E-state index contributed by atoms with van der Waals surface area (Å²) in [5.41, 5.74) is 5.23. The lowest BCUT2D eigenvalue weighted by Crippen LogP contribution is -2.49. The van der Waals surface area contributed by atoms with E-state index in [4.69, 9.17) is 14.6 Å². The van der Waals surface area contributed by atoms with E-state index < -0.39 is 37.1 Å². The first kappa shape index (κ1) is 15.7. The Morgan fingerprint density at radius 3 is 2.48 bits per heavy atom. The fraction of sp³-hybridized carbons (Fsp3) is 0.462. The second kappa shape index (κ2) is 6.83. The third-order valence-electron chi connectivity index (χ3n) is 3.22. The van der Waals surface area contributed by atoms with Gasteiger partial charge in [-0.3, -0.25) is 10.2 Å². The molecular formula is C13H18N2O6. The highest BCUT2D eigenvalue weighted by molar-refractivity contribution is 5.93. The van der Waals surface area contributed by atoms with E-state index in [1.807, 2.05) is 0 Å². The minimum absolute atomic E-state index is 0.384. The molecule has 4 unspecified atom stereocenters. The van der Waals surface area contributed by atoms with Crippen molar-refractivity contribution >= 4 is 5.91 Å². The molecule has 21 heavy (non-hydrogen) atoms. The number of hydrazine groups is 1. The van der Waals surface area contributed by atoms with Crippen molar-refractivity contribution in [3.63, 3.8) is 0 Å². The quantitative estimate of drug-likeness (QED) is 0.414. The van der Waals surface area contributed by atoms with E-state index in [-0.39, 0.29) is 0 Å². The van der Waals surface area contributed by atoms with Gasteiger partial charge in [0.2, 0.25) is 0 Å². The molecule has 8 heteroatoms. The number of benzene rings is 1. The normalized spacial score (nSPS) is 28.4.